The summed E-state index contributed by atoms with van der Waals surface area (Å²) >= 11 is 3.44. The molecule has 8 nitrogen and oxygen atoms in total. The van der Waals surface area contributed by atoms with Gasteiger partial charge in [-0.25, -0.2) is 4.31 Å². The highest BCUT2D eigenvalue weighted by molar-refractivity contribution is 9.10. The van der Waals surface area contributed by atoms with Crippen LogP contribution >= 0.6 is 15.9 Å². The smallest absolute Gasteiger partial charge is 0.304 e. The number of hydrogen-bond acceptors (Lipinski definition) is 4. The van der Waals surface area contributed by atoms with Gasteiger partial charge in [-0.2, -0.15) is 12.7 Å². The van der Waals surface area contributed by atoms with Crippen molar-refractivity contribution in [3.63, 3.8) is 0 Å². The van der Waals surface area contributed by atoms with Crippen LogP contribution in [0.2, 0.25) is 0 Å². The number of rotatable bonds is 13. The molecular formula is C30H37BrN4O4S. The lowest BCUT2D eigenvalue weighted by Crippen LogP contribution is -2.54. The number of nitrogens with one attached hydrogen (secondary N) is 1. The maximum Gasteiger partial charge on any atom is 0.304 e. The highest BCUT2D eigenvalue weighted by atomic mass is 79.9. The van der Waals surface area contributed by atoms with E-state index in [0.717, 1.165) is 24.2 Å². The van der Waals surface area contributed by atoms with Crippen LogP contribution in [-0.2, 0) is 32.8 Å². The molecule has 214 valence electrons. The number of benzene rings is 3. The molecule has 2 amide bonds. The molecule has 0 aliphatic rings. The molecule has 3 aromatic rings. The summed E-state index contributed by atoms with van der Waals surface area (Å²) in [7, 11) is -1.17. The predicted octanol–water partition coefficient (Wildman–Crippen LogP) is 4.47. The van der Waals surface area contributed by atoms with E-state index < -0.39 is 28.7 Å². The number of carbonyl (C=O) groups excluding carboxylic acids is 2. The summed E-state index contributed by atoms with van der Waals surface area (Å²) in [5.41, 5.74) is 2.06. The Morgan fingerprint density at radius 2 is 1.43 bits per heavy atom. The van der Waals surface area contributed by atoms with E-state index in [1.165, 1.54) is 19.0 Å². The van der Waals surface area contributed by atoms with Crippen molar-refractivity contribution in [2.24, 2.45) is 5.92 Å². The van der Waals surface area contributed by atoms with Crippen LogP contribution in [0.5, 0.6) is 0 Å². The van der Waals surface area contributed by atoms with Gasteiger partial charge in [-0.05, 0) is 41.3 Å². The molecule has 1 unspecified atom stereocenters. The molecule has 0 bridgehead atoms. The molecule has 0 saturated carbocycles. The molecule has 0 heterocycles. The van der Waals surface area contributed by atoms with Crippen LogP contribution in [0.4, 0.5) is 5.69 Å². The van der Waals surface area contributed by atoms with Crippen LogP contribution < -0.4 is 9.62 Å². The fourth-order valence-corrected chi connectivity index (χ4v) is 5.39. The summed E-state index contributed by atoms with van der Waals surface area (Å²) in [6.07, 6.45) is 0.277. The Labute approximate surface area is 246 Å². The number of amides is 2. The first-order valence-electron chi connectivity index (χ1n) is 13.1. The number of anilines is 1. The minimum atomic E-state index is -4.01. The molecule has 0 aliphatic carbocycles. The van der Waals surface area contributed by atoms with E-state index in [1.54, 1.807) is 30.3 Å². The van der Waals surface area contributed by atoms with Crippen molar-refractivity contribution in [2.45, 2.75) is 32.9 Å². The van der Waals surface area contributed by atoms with Gasteiger partial charge in [0.15, 0.2) is 0 Å². The minimum absolute atomic E-state index is 0.128. The Bertz CT molecular complexity index is 1350. The summed E-state index contributed by atoms with van der Waals surface area (Å²) in [5, 5.41) is 2.99. The first-order valence-corrected chi connectivity index (χ1v) is 15.3. The van der Waals surface area contributed by atoms with Crippen LogP contribution in [0, 0.1) is 5.92 Å². The fraction of sp³-hybridized carbons (Fsp3) is 0.333. The lowest BCUT2D eigenvalue weighted by Gasteiger charge is -2.34. The van der Waals surface area contributed by atoms with E-state index in [9.17, 15) is 18.0 Å². The van der Waals surface area contributed by atoms with E-state index >= 15 is 0 Å². The third kappa shape index (κ3) is 8.64. The van der Waals surface area contributed by atoms with Gasteiger partial charge in [0.05, 0.1) is 5.69 Å². The molecule has 3 rings (SSSR count). The largest absolute Gasteiger partial charge is 0.354 e. The van der Waals surface area contributed by atoms with Crippen LogP contribution in [0.1, 0.15) is 25.0 Å². The summed E-state index contributed by atoms with van der Waals surface area (Å²) in [4.78, 5) is 29.3. The number of para-hydroxylation sites is 1. The lowest BCUT2D eigenvalue weighted by molar-refractivity contribution is -0.140. The normalized spacial score (nSPS) is 12.3. The molecule has 0 aliphatic heterocycles. The molecular weight excluding hydrogens is 592 g/mol. The summed E-state index contributed by atoms with van der Waals surface area (Å²) in [6.45, 7) is 4.12. The summed E-state index contributed by atoms with van der Waals surface area (Å²) < 4.78 is 29.7. The molecule has 10 heteroatoms. The van der Waals surface area contributed by atoms with Crippen LogP contribution in [-0.4, -0.2) is 62.7 Å². The van der Waals surface area contributed by atoms with Crippen molar-refractivity contribution < 1.29 is 18.0 Å². The standard InChI is InChI=1S/C30H37BrN4O4S/c1-23(2)20-32-30(37)28(19-24-11-7-5-8-12-24)34(21-25-15-17-26(31)18-16-25)29(36)22-35(40(38,39)33(3)4)27-13-9-6-10-14-27/h5-18,23,28H,19-22H2,1-4H3,(H,32,37). The number of halogens is 1. The molecule has 0 aromatic heterocycles. The van der Waals surface area contributed by atoms with Crippen LogP contribution in [0.3, 0.4) is 0 Å². The maximum absolute atomic E-state index is 14.2. The second-order valence-electron chi connectivity index (χ2n) is 10.1. The van der Waals surface area contributed by atoms with E-state index in [4.69, 9.17) is 0 Å². The quantitative estimate of drug-likeness (QED) is 0.302. The van der Waals surface area contributed by atoms with Gasteiger partial charge in [0.2, 0.25) is 11.8 Å². The Hall–Kier alpha value is -3.21. The highest BCUT2D eigenvalue weighted by Crippen LogP contribution is 2.22. The second kappa shape index (κ2) is 14.4. The number of hydrogen-bond donors (Lipinski definition) is 1. The zero-order chi connectivity index (χ0) is 29.3. The zero-order valence-corrected chi connectivity index (χ0v) is 25.7. The average molecular weight is 630 g/mol. The van der Waals surface area contributed by atoms with E-state index in [0.29, 0.717) is 12.2 Å². The Morgan fingerprint density at radius 3 is 1.98 bits per heavy atom. The molecule has 0 spiro atoms. The van der Waals surface area contributed by atoms with E-state index in [1.807, 2.05) is 68.4 Å². The van der Waals surface area contributed by atoms with Gasteiger partial charge in [0.25, 0.3) is 0 Å². The van der Waals surface area contributed by atoms with Crippen molar-refractivity contribution in [2.75, 3.05) is 31.5 Å². The van der Waals surface area contributed by atoms with Gasteiger partial charge in [-0.3, -0.25) is 9.59 Å². The number of carbonyl (C=O) groups is 2. The number of nitrogens with zero attached hydrogens (tertiary/aromatic N) is 3. The van der Waals surface area contributed by atoms with Gasteiger partial charge in [-0.15, -0.1) is 0 Å². The Morgan fingerprint density at radius 1 is 0.850 bits per heavy atom. The Kier molecular flexibility index (Phi) is 11.3. The van der Waals surface area contributed by atoms with Crippen molar-refractivity contribution >= 4 is 43.6 Å². The van der Waals surface area contributed by atoms with Gasteiger partial charge in [-0.1, -0.05) is 90.4 Å². The van der Waals surface area contributed by atoms with Gasteiger partial charge in [0, 0.05) is 38.1 Å². The van der Waals surface area contributed by atoms with Crippen molar-refractivity contribution in [1.82, 2.24) is 14.5 Å². The van der Waals surface area contributed by atoms with Crippen LogP contribution in [0.15, 0.2) is 89.4 Å². The second-order valence-corrected chi connectivity index (χ2v) is 13.1. The molecule has 0 radical (unpaired) electrons. The van der Waals surface area contributed by atoms with Gasteiger partial charge >= 0.3 is 10.2 Å². The molecule has 1 atom stereocenters. The zero-order valence-electron chi connectivity index (χ0n) is 23.3. The monoisotopic (exact) mass is 628 g/mol. The molecule has 3 aromatic carbocycles. The third-order valence-corrected chi connectivity index (χ3v) is 8.63. The van der Waals surface area contributed by atoms with Crippen molar-refractivity contribution in [3.05, 3.63) is 101 Å². The van der Waals surface area contributed by atoms with Crippen molar-refractivity contribution in [3.8, 4) is 0 Å². The minimum Gasteiger partial charge on any atom is -0.354 e. The first-order chi connectivity index (χ1) is 19.0. The maximum atomic E-state index is 14.2. The van der Waals surface area contributed by atoms with Gasteiger partial charge in [0.1, 0.15) is 12.6 Å². The molecule has 0 saturated heterocycles. The Balaban J connectivity index is 2.06. The molecule has 0 fully saturated rings. The summed E-state index contributed by atoms with van der Waals surface area (Å²) in [5.74, 6) is -0.557. The average Bonchev–Trinajstić information content (AvgIpc) is 2.94. The van der Waals surface area contributed by atoms with Crippen LogP contribution in [0.25, 0.3) is 0 Å². The lowest BCUT2D eigenvalue weighted by atomic mass is 10.0. The molecule has 1 N–H and O–H groups in total. The summed E-state index contributed by atoms with van der Waals surface area (Å²) in [6, 6.07) is 24.6. The molecule has 40 heavy (non-hydrogen) atoms. The van der Waals surface area contributed by atoms with E-state index in [-0.39, 0.29) is 24.8 Å². The van der Waals surface area contributed by atoms with E-state index in [2.05, 4.69) is 21.2 Å². The van der Waals surface area contributed by atoms with Gasteiger partial charge < -0.3 is 10.2 Å². The predicted molar refractivity (Wildman–Crippen MR) is 163 cm³/mol. The highest BCUT2D eigenvalue weighted by Gasteiger charge is 2.34. The fourth-order valence-electron chi connectivity index (χ4n) is 4.07. The topological polar surface area (TPSA) is 90.0 Å². The third-order valence-electron chi connectivity index (χ3n) is 6.28. The first kappa shape index (κ1) is 31.3. The van der Waals surface area contributed by atoms with Crippen molar-refractivity contribution in [1.29, 1.82) is 0 Å². The SMILES string of the molecule is CC(C)CNC(=O)C(Cc1ccccc1)N(Cc1ccc(Br)cc1)C(=O)CN(c1ccccc1)S(=O)(=O)N(C)C.